The normalized spacial score (nSPS) is 19.3. The Balaban J connectivity index is 1.76. The summed E-state index contributed by atoms with van der Waals surface area (Å²) in [5.41, 5.74) is 1.88. The fourth-order valence-electron chi connectivity index (χ4n) is 3.31. The Morgan fingerprint density at radius 3 is 2.78 bits per heavy atom. The van der Waals surface area contributed by atoms with Crippen molar-refractivity contribution in [1.82, 2.24) is 9.47 Å². The van der Waals surface area contributed by atoms with E-state index >= 15 is 0 Å². The summed E-state index contributed by atoms with van der Waals surface area (Å²) in [6, 6.07) is 7.72. The number of benzene rings is 1. The second-order valence-electron chi connectivity index (χ2n) is 6.18. The highest BCUT2D eigenvalue weighted by molar-refractivity contribution is 5.89. The van der Waals surface area contributed by atoms with E-state index in [1.807, 2.05) is 42.1 Å². The first kappa shape index (κ1) is 15.9. The molecule has 0 aliphatic carbocycles. The largest absolute Gasteiger partial charge is 0.393 e. The zero-order chi connectivity index (χ0) is 16.6. The van der Waals surface area contributed by atoms with Gasteiger partial charge < -0.3 is 9.47 Å². The first-order valence-corrected chi connectivity index (χ1v) is 7.73. The van der Waals surface area contributed by atoms with Gasteiger partial charge in [0.1, 0.15) is 0 Å². The summed E-state index contributed by atoms with van der Waals surface area (Å²) in [6.45, 7) is 0.198. The van der Waals surface area contributed by atoms with Crippen molar-refractivity contribution in [3.8, 4) is 0 Å². The van der Waals surface area contributed by atoms with Crippen molar-refractivity contribution in [3.05, 3.63) is 36.0 Å². The van der Waals surface area contributed by atoms with Crippen LogP contribution in [-0.4, -0.2) is 34.6 Å². The summed E-state index contributed by atoms with van der Waals surface area (Å²) in [5.74, 6) is -1.62. The van der Waals surface area contributed by atoms with Crippen molar-refractivity contribution in [2.75, 3.05) is 13.1 Å². The number of aryl methyl sites for hydroxylation is 1. The minimum atomic E-state index is -4.22. The molecule has 2 aromatic rings. The Hall–Kier alpha value is -1.98. The highest BCUT2D eigenvalue weighted by atomic mass is 19.4. The molecule has 1 aliphatic heterocycles. The molecule has 3 rings (SSSR count). The van der Waals surface area contributed by atoms with Gasteiger partial charge in [-0.2, -0.15) is 13.2 Å². The van der Waals surface area contributed by atoms with E-state index in [9.17, 15) is 18.0 Å². The molecule has 0 spiro atoms. The van der Waals surface area contributed by atoms with Gasteiger partial charge in [0.15, 0.2) is 0 Å². The molecule has 1 aromatic heterocycles. The van der Waals surface area contributed by atoms with Crippen LogP contribution in [0.5, 0.6) is 0 Å². The summed E-state index contributed by atoms with van der Waals surface area (Å²) in [7, 11) is 1.90. The number of rotatable bonds is 2. The van der Waals surface area contributed by atoms with Crippen LogP contribution in [0.25, 0.3) is 10.9 Å². The number of piperidine rings is 1. The number of para-hydroxylation sites is 1. The molecule has 1 amide bonds. The topological polar surface area (TPSA) is 25.2 Å². The number of carbonyl (C=O) groups is 1. The van der Waals surface area contributed by atoms with Gasteiger partial charge >= 0.3 is 6.18 Å². The van der Waals surface area contributed by atoms with E-state index in [1.165, 1.54) is 4.90 Å². The number of hydrogen-bond donors (Lipinski definition) is 0. The predicted molar refractivity (Wildman–Crippen MR) is 82.0 cm³/mol. The summed E-state index contributed by atoms with van der Waals surface area (Å²) >= 11 is 0. The highest BCUT2D eigenvalue weighted by Crippen LogP contribution is 2.33. The highest BCUT2D eigenvalue weighted by Gasteiger charge is 2.42. The molecule has 0 unspecified atom stereocenters. The van der Waals surface area contributed by atoms with E-state index in [-0.39, 0.29) is 25.3 Å². The minimum Gasteiger partial charge on any atom is -0.350 e. The van der Waals surface area contributed by atoms with E-state index in [0.29, 0.717) is 13.0 Å². The van der Waals surface area contributed by atoms with Gasteiger partial charge in [0, 0.05) is 37.2 Å². The zero-order valence-electron chi connectivity index (χ0n) is 12.9. The minimum absolute atomic E-state index is 0.113. The van der Waals surface area contributed by atoms with Crippen LogP contribution >= 0.6 is 0 Å². The molecule has 2 heterocycles. The molecule has 1 saturated heterocycles. The van der Waals surface area contributed by atoms with Gasteiger partial charge in [-0.25, -0.2) is 0 Å². The number of carbonyl (C=O) groups excluding carboxylic acids is 1. The maximum Gasteiger partial charge on any atom is 0.393 e. The molecular formula is C17H19F3N2O. The molecule has 3 nitrogen and oxygen atoms in total. The van der Waals surface area contributed by atoms with Gasteiger partial charge in [-0.1, -0.05) is 18.2 Å². The van der Waals surface area contributed by atoms with Gasteiger partial charge in [-0.05, 0) is 24.5 Å². The molecule has 1 atom stereocenters. The van der Waals surface area contributed by atoms with E-state index < -0.39 is 12.1 Å². The second kappa shape index (κ2) is 5.91. The molecule has 124 valence electrons. The summed E-state index contributed by atoms with van der Waals surface area (Å²) in [5, 5.41) is 0.979. The monoisotopic (exact) mass is 324 g/mol. The lowest BCUT2D eigenvalue weighted by molar-refractivity contribution is -0.187. The molecule has 1 fully saturated rings. The standard InChI is InChI=1S/C17H19F3N2O/c1-21-10-12(14-6-2-3-7-15(14)21)9-16(23)22-8-4-5-13(11-22)17(18,19)20/h2-3,6-7,10,13H,4-5,8-9,11H2,1H3/t13-/m1/s1. The molecule has 23 heavy (non-hydrogen) atoms. The van der Waals surface area contributed by atoms with Crippen LogP contribution in [0, 0.1) is 5.92 Å². The Morgan fingerprint density at radius 1 is 1.30 bits per heavy atom. The van der Waals surface area contributed by atoms with Crippen LogP contribution in [0.4, 0.5) is 13.2 Å². The van der Waals surface area contributed by atoms with E-state index in [0.717, 1.165) is 16.5 Å². The molecule has 0 saturated carbocycles. The molecule has 1 aliphatic rings. The van der Waals surface area contributed by atoms with E-state index in [1.54, 1.807) is 0 Å². The molecule has 0 radical (unpaired) electrons. The summed E-state index contributed by atoms with van der Waals surface area (Å²) in [6.07, 6.45) is -1.68. The third-order valence-corrected chi connectivity index (χ3v) is 4.56. The number of alkyl halides is 3. The SMILES string of the molecule is Cn1cc(CC(=O)N2CCC[C@@H](C(F)(F)F)C2)c2ccccc21. The number of likely N-dealkylation sites (tertiary alicyclic amines) is 1. The maximum absolute atomic E-state index is 12.9. The van der Waals surface area contributed by atoms with Crippen molar-refractivity contribution in [1.29, 1.82) is 0 Å². The second-order valence-corrected chi connectivity index (χ2v) is 6.18. The molecule has 0 N–H and O–H groups in total. The lowest BCUT2D eigenvalue weighted by atomic mass is 9.97. The van der Waals surface area contributed by atoms with Gasteiger partial charge in [-0.3, -0.25) is 4.79 Å². The van der Waals surface area contributed by atoms with Crippen LogP contribution in [0.15, 0.2) is 30.5 Å². The van der Waals surface area contributed by atoms with E-state index in [4.69, 9.17) is 0 Å². The predicted octanol–water partition coefficient (Wildman–Crippen LogP) is 3.52. The third-order valence-electron chi connectivity index (χ3n) is 4.56. The van der Waals surface area contributed by atoms with E-state index in [2.05, 4.69) is 0 Å². The number of nitrogens with zero attached hydrogens (tertiary/aromatic N) is 2. The van der Waals surface area contributed by atoms with Crippen molar-refractivity contribution < 1.29 is 18.0 Å². The smallest absolute Gasteiger partial charge is 0.350 e. The number of amides is 1. The fourth-order valence-corrected chi connectivity index (χ4v) is 3.31. The van der Waals surface area contributed by atoms with Gasteiger partial charge in [-0.15, -0.1) is 0 Å². The van der Waals surface area contributed by atoms with Crippen LogP contribution in [0.1, 0.15) is 18.4 Å². The molecule has 0 bridgehead atoms. The Bertz CT molecular complexity index is 720. The van der Waals surface area contributed by atoms with Gasteiger partial charge in [0.05, 0.1) is 12.3 Å². The Kier molecular flexibility index (Phi) is 4.08. The summed E-state index contributed by atoms with van der Waals surface area (Å²) < 4.78 is 40.6. The number of aromatic nitrogens is 1. The molecule has 6 heteroatoms. The fraction of sp³-hybridized carbons (Fsp3) is 0.471. The average Bonchev–Trinajstić information content (AvgIpc) is 2.83. The van der Waals surface area contributed by atoms with Gasteiger partial charge in [0.2, 0.25) is 5.91 Å². The van der Waals surface area contributed by atoms with Crippen molar-refractivity contribution >= 4 is 16.8 Å². The zero-order valence-corrected chi connectivity index (χ0v) is 12.9. The lowest BCUT2D eigenvalue weighted by Crippen LogP contribution is -2.45. The lowest BCUT2D eigenvalue weighted by Gasteiger charge is -2.33. The Labute approximate surface area is 132 Å². The quantitative estimate of drug-likeness (QED) is 0.830. The molecular weight excluding hydrogens is 305 g/mol. The maximum atomic E-state index is 12.9. The van der Waals surface area contributed by atoms with Crippen molar-refractivity contribution in [2.45, 2.75) is 25.4 Å². The third kappa shape index (κ3) is 3.21. The van der Waals surface area contributed by atoms with Crippen molar-refractivity contribution in [2.24, 2.45) is 13.0 Å². The number of halogens is 3. The Morgan fingerprint density at radius 2 is 2.04 bits per heavy atom. The molecule has 1 aromatic carbocycles. The first-order chi connectivity index (χ1) is 10.9. The average molecular weight is 324 g/mol. The van der Waals surface area contributed by atoms with Gasteiger partial charge in [0.25, 0.3) is 0 Å². The number of fused-ring (bicyclic) bond motifs is 1. The number of hydrogen-bond acceptors (Lipinski definition) is 1. The van der Waals surface area contributed by atoms with Crippen LogP contribution in [0.3, 0.4) is 0 Å². The first-order valence-electron chi connectivity index (χ1n) is 7.73. The summed E-state index contributed by atoms with van der Waals surface area (Å²) in [4.78, 5) is 13.8. The van der Waals surface area contributed by atoms with Crippen LogP contribution < -0.4 is 0 Å². The van der Waals surface area contributed by atoms with Crippen LogP contribution in [0.2, 0.25) is 0 Å². The van der Waals surface area contributed by atoms with Crippen molar-refractivity contribution in [3.63, 3.8) is 0 Å². The van der Waals surface area contributed by atoms with Crippen LogP contribution in [-0.2, 0) is 18.3 Å².